The third-order valence-corrected chi connectivity index (χ3v) is 11.2. The van der Waals surface area contributed by atoms with Gasteiger partial charge in [0.1, 0.15) is 39.9 Å². The summed E-state index contributed by atoms with van der Waals surface area (Å²) >= 11 is 1.62. The molecule has 2 saturated carbocycles. The van der Waals surface area contributed by atoms with Crippen LogP contribution in [0.15, 0.2) is 23.6 Å². The average molecular weight is 723 g/mol. The number of alkyl carbamates (subject to hydrolysis) is 1. The van der Waals surface area contributed by atoms with E-state index in [4.69, 9.17) is 19.4 Å². The van der Waals surface area contributed by atoms with Gasteiger partial charge in [0.25, 0.3) is 6.01 Å². The molecule has 1 aliphatic heterocycles. The van der Waals surface area contributed by atoms with E-state index < -0.39 is 53.2 Å². The average Bonchev–Trinajstić information content (AvgIpc) is 3.67. The Bertz CT molecular complexity index is 1810. The van der Waals surface area contributed by atoms with Gasteiger partial charge in [-0.1, -0.05) is 32.8 Å². The molecule has 3 amide bonds. The minimum atomic E-state index is -1.38. The predicted octanol–water partition coefficient (Wildman–Crippen LogP) is 6.03. The summed E-state index contributed by atoms with van der Waals surface area (Å²) in [7, 11) is 0. The summed E-state index contributed by atoms with van der Waals surface area (Å²) in [6.45, 7) is 12.8. The van der Waals surface area contributed by atoms with Crippen LogP contribution in [-0.2, 0) is 19.1 Å². The van der Waals surface area contributed by atoms with Gasteiger partial charge in [0, 0.05) is 29.3 Å². The van der Waals surface area contributed by atoms with Crippen molar-refractivity contribution in [2.75, 3.05) is 6.54 Å². The van der Waals surface area contributed by atoms with Crippen molar-refractivity contribution >= 4 is 46.2 Å². The van der Waals surface area contributed by atoms with Crippen LogP contribution in [0.4, 0.5) is 4.79 Å². The number of carbonyl (C=O) groups excluding carboxylic acids is 3. The van der Waals surface area contributed by atoms with Crippen LogP contribution in [0.25, 0.3) is 21.6 Å². The molecule has 5 unspecified atom stereocenters. The molecule has 5 atom stereocenters. The number of carboxylic acid groups (broad SMARTS) is 1. The first kappa shape index (κ1) is 36.6. The number of hydrogen-bond donors (Lipinski definition) is 3. The molecule has 276 valence electrons. The van der Waals surface area contributed by atoms with Gasteiger partial charge in [0.15, 0.2) is 0 Å². The number of nitrogens with zero attached hydrogens (tertiary/aromatic N) is 4. The number of aromatic nitrogens is 3. The van der Waals surface area contributed by atoms with Crippen molar-refractivity contribution < 1.29 is 33.8 Å². The van der Waals surface area contributed by atoms with E-state index in [0.29, 0.717) is 18.3 Å². The number of amides is 3. The molecule has 3 heterocycles. The summed E-state index contributed by atoms with van der Waals surface area (Å²) in [5.41, 5.74) is 1.55. The fourth-order valence-corrected chi connectivity index (χ4v) is 8.36. The van der Waals surface area contributed by atoms with Crippen LogP contribution in [0.5, 0.6) is 6.01 Å². The quantitative estimate of drug-likeness (QED) is 0.214. The van der Waals surface area contributed by atoms with E-state index in [1.165, 1.54) is 30.6 Å². The highest BCUT2D eigenvalue weighted by Crippen LogP contribution is 2.44. The van der Waals surface area contributed by atoms with Crippen LogP contribution in [0.2, 0.25) is 0 Å². The minimum Gasteiger partial charge on any atom is -0.479 e. The Labute approximate surface area is 302 Å². The van der Waals surface area contributed by atoms with Gasteiger partial charge in [0.2, 0.25) is 11.8 Å². The van der Waals surface area contributed by atoms with Crippen molar-refractivity contribution in [2.24, 2.45) is 5.92 Å². The van der Waals surface area contributed by atoms with E-state index in [0.717, 1.165) is 27.3 Å². The van der Waals surface area contributed by atoms with E-state index in [9.17, 15) is 24.3 Å². The molecule has 3 N–H and O–H groups in total. The normalized spacial score (nSPS) is 24.2. The SMILES string of the molecule is CCC(NC(=O)OC(C)(C)C)C(=O)N1CC(Oc2nc3c(-c4nc(C5CCCC5)cs4)cccc3n2C(C)C)CC1C(=O)NC1(C(=O)O)CC1C. The number of hydrogen-bond acceptors (Lipinski definition) is 9. The smallest absolute Gasteiger partial charge is 0.408 e. The molecule has 6 rings (SSSR count). The number of likely N-dealkylation sites (tertiary alicyclic amines) is 1. The van der Waals surface area contributed by atoms with Crippen LogP contribution < -0.4 is 15.4 Å². The summed E-state index contributed by atoms with van der Waals surface area (Å²) < 4.78 is 14.0. The zero-order valence-corrected chi connectivity index (χ0v) is 31.3. The minimum absolute atomic E-state index is 0.0295. The molecule has 1 saturated heterocycles. The van der Waals surface area contributed by atoms with Crippen molar-refractivity contribution in [3.63, 3.8) is 0 Å². The Morgan fingerprint density at radius 1 is 1.14 bits per heavy atom. The van der Waals surface area contributed by atoms with Gasteiger partial charge in [-0.05, 0) is 78.4 Å². The molecule has 14 heteroatoms. The maximum Gasteiger partial charge on any atom is 0.408 e. The van der Waals surface area contributed by atoms with Crippen LogP contribution in [0.3, 0.4) is 0 Å². The maximum absolute atomic E-state index is 14.1. The monoisotopic (exact) mass is 722 g/mol. The first-order valence-corrected chi connectivity index (χ1v) is 19.0. The number of aliphatic carboxylic acids is 1. The molecule has 2 aliphatic carbocycles. The van der Waals surface area contributed by atoms with E-state index in [1.807, 2.05) is 36.6 Å². The standard InChI is InChI=1S/C37H50N6O7S/c1-8-25(39-35(48)50-36(5,6)7)32(45)42-18-23(16-28(42)30(44)41-37(33(46)47)17-21(37)4)49-34-40-29-24(14-11-15-27(29)43(34)20(2)3)31-38-26(19-51-31)22-12-9-10-13-22/h11,14-15,19-23,25,28H,8-10,12-13,16-18H2,1-7H3,(H,39,48)(H,41,44)(H,46,47). The van der Waals surface area contributed by atoms with Gasteiger partial charge in [-0.2, -0.15) is 4.98 Å². The second kappa shape index (κ2) is 14.1. The van der Waals surface area contributed by atoms with Crippen LogP contribution >= 0.6 is 11.3 Å². The van der Waals surface area contributed by atoms with Gasteiger partial charge in [0.05, 0.1) is 17.8 Å². The highest BCUT2D eigenvalue weighted by molar-refractivity contribution is 7.13. The molecule has 1 aromatic carbocycles. The van der Waals surface area contributed by atoms with Crippen LogP contribution in [-0.4, -0.2) is 84.3 Å². The van der Waals surface area contributed by atoms with Crippen LogP contribution in [0.1, 0.15) is 111 Å². The molecule has 0 bridgehead atoms. The lowest BCUT2D eigenvalue weighted by atomic mass is 10.1. The van der Waals surface area contributed by atoms with E-state index >= 15 is 0 Å². The van der Waals surface area contributed by atoms with Gasteiger partial charge in [-0.25, -0.2) is 14.6 Å². The number of ether oxygens (including phenoxy) is 2. The second-order valence-corrected chi connectivity index (χ2v) is 16.4. The molecule has 3 aromatic rings. The Morgan fingerprint density at radius 2 is 1.84 bits per heavy atom. The fraction of sp³-hybridized carbons (Fsp3) is 0.622. The highest BCUT2D eigenvalue weighted by Gasteiger charge is 2.60. The number of para-hydroxylation sites is 1. The lowest BCUT2D eigenvalue weighted by molar-refractivity contribution is -0.145. The lowest BCUT2D eigenvalue weighted by Gasteiger charge is -2.29. The first-order chi connectivity index (χ1) is 24.1. The van der Waals surface area contributed by atoms with Crippen molar-refractivity contribution in [3.8, 4) is 16.6 Å². The molecule has 2 aromatic heterocycles. The molecule has 3 aliphatic rings. The zero-order chi connectivity index (χ0) is 36.8. The van der Waals surface area contributed by atoms with Crippen molar-refractivity contribution in [1.82, 2.24) is 30.1 Å². The van der Waals surface area contributed by atoms with E-state index in [2.05, 4.69) is 16.0 Å². The largest absolute Gasteiger partial charge is 0.479 e. The molecular formula is C37H50N6O7S. The molecule has 0 spiro atoms. The van der Waals surface area contributed by atoms with Gasteiger partial charge in [-0.3, -0.25) is 14.2 Å². The van der Waals surface area contributed by atoms with Gasteiger partial charge < -0.3 is 30.1 Å². The molecule has 51 heavy (non-hydrogen) atoms. The Kier molecular flexibility index (Phi) is 10.1. The Morgan fingerprint density at radius 3 is 2.45 bits per heavy atom. The fourth-order valence-electron chi connectivity index (χ4n) is 7.43. The summed E-state index contributed by atoms with van der Waals surface area (Å²) in [6.07, 6.45) is 4.06. The zero-order valence-electron chi connectivity index (χ0n) is 30.5. The van der Waals surface area contributed by atoms with Crippen molar-refractivity contribution in [1.29, 1.82) is 0 Å². The summed E-state index contributed by atoms with van der Waals surface area (Å²) in [5, 5.41) is 18.4. The van der Waals surface area contributed by atoms with Crippen LogP contribution in [0, 0.1) is 5.92 Å². The summed E-state index contributed by atoms with van der Waals surface area (Å²) in [5.74, 6) is -1.91. The number of carboxylic acids is 1. The second-order valence-electron chi connectivity index (χ2n) is 15.6. The van der Waals surface area contributed by atoms with E-state index in [-0.39, 0.29) is 31.3 Å². The van der Waals surface area contributed by atoms with Gasteiger partial charge in [-0.15, -0.1) is 11.3 Å². The highest BCUT2D eigenvalue weighted by atomic mass is 32.1. The summed E-state index contributed by atoms with van der Waals surface area (Å²) in [6, 6.07) is 4.34. The maximum atomic E-state index is 14.1. The third kappa shape index (κ3) is 7.42. The topological polar surface area (TPSA) is 165 Å². The molecule has 13 nitrogen and oxygen atoms in total. The Hall–Kier alpha value is -4.20. The number of thiazole rings is 1. The molecule has 0 radical (unpaired) electrons. The number of rotatable bonds is 11. The molecule has 3 fully saturated rings. The number of carbonyl (C=O) groups is 4. The Balaban J connectivity index is 1.29. The number of fused-ring (bicyclic) bond motifs is 1. The van der Waals surface area contributed by atoms with Crippen molar-refractivity contribution in [3.05, 3.63) is 29.3 Å². The number of imidazole rings is 1. The first-order valence-electron chi connectivity index (χ1n) is 18.1. The molecular weight excluding hydrogens is 673 g/mol. The van der Waals surface area contributed by atoms with Gasteiger partial charge >= 0.3 is 12.1 Å². The summed E-state index contributed by atoms with van der Waals surface area (Å²) in [4.78, 5) is 64.1. The predicted molar refractivity (Wildman–Crippen MR) is 193 cm³/mol. The number of nitrogens with one attached hydrogen (secondary N) is 2. The number of benzene rings is 1. The van der Waals surface area contributed by atoms with Crippen molar-refractivity contribution in [2.45, 2.75) is 135 Å². The lowest BCUT2D eigenvalue weighted by Crippen LogP contribution is -2.56. The third-order valence-electron chi connectivity index (χ3n) is 10.3. The van der Waals surface area contributed by atoms with E-state index in [1.54, 1.807) is 46.0 Å².